The number of amides is 1. The molecule has 5 heteroatoms. The molecule has 4 nitrogen and oxygen atoms in total. The standard InChI is InChI=1S/C13H14N2O2S/c1-17-12-5-4-9(13(14)16)7-11(12)15-8-10-3-2-6-18-10/h2-7,15H,8H2,1H3,(H2,14,16). The molecule has 0 aliphatic heterocycles. The van der Waals surface area contributed by atoms with Crippen LogP contribution in [0.5, 0.6) is 5.75 Å². The fourth-order valence-corrected chi connectivity index (χ4v) is 2.24. The van der Waals surface area contributed by atoms with Crippen molar-refractivity contribution in [1.29, 1.82) is 0 Å². The van der Waals surface area contributed by atoms with Crippen molar-refractivity contribution in [2.45, 2.75) is 6.54 Å². The first-order chi connectivity index (χ1) is 8.70. The van der Waals surface area contributed by atoms with Crippen LogP contribution in [0.4, 0.5) is 5.69 Å². The molecule has 0 bridgehead atoms. The van der Waals surface area contributed by atoms with Crippen LogP contribution in [-0.2, 0) is 6.54 Å². The summed E-state index contributed by atoms with van der Waals surface area (Å²) in [7, 11) is 1.59. The van der Waals surface area contributed by atoms with Crippen molar-refractivity contribution >= 4 is 22.9 Å². The maximum atomic E-state index is 11.1. The number of hydrogen-bond donors (Lipinski definition) is 2. The van der Waals surface area contributed by atoms with Crippen molar-refractivity contribution in [3.8, 4) is 5.75 Å². The van der Waals surface area contributed by atoms with Gasteiger partial charge < -0.3 is 15.8 Å². The molecule has 94 valence electrons. The van der Waals surface area contributed by atoms with E-state index in [2.05, 4.69) is 5.32 Å². The highest BCUT2D eigenvalue weighted by Gasteiger charge is 2.07. The van der Waals surface area contributed by atoms with Crippen LogP contribution in [-0.4, -0.2) is 13.0 Å². The average Bonchev–Trinajstić information content (AvgIpc) is 2.89. The number of nitrogens with one attached hydrogen (secondary N) is 1. The van der Waals surface area contributed by atoms with Gasteiger partial charge in [0.1, 0.15) is 5.75 Å². The predicted octanol–water partition coefficient (Wildman–Crippen LogP) is 2.47. The molecule has 0 saturated heterocycles. The number of carbonyl (C=O) groups is 1. The monoisotopic (exact) mass is 262 g/mol. The molecule has 3 N–H and O–H groups in total. The number of rotatable bonds is 5. The maximum Gasteiger partial charge on any atom is 0.248 e. The lowest BCUT2D eigenvalue weighted by Crippen LogP contribution is -2.11. The first-order valence-corrected chi connectivity index (χ1v) is 6.33. The Bertz CT molecular complexity index is 538. The summed E-state index contributed by atoms with van der Waals surface area (Å²) in [4.78, 5) is 12.4. The number of benzene rings is 1. The molecule has 0 spiro atoms. The molecular weight excluding hydrogens is 248 g/mol. The number of primary amides is 1. The number of carbonyl (C=O) groups excluding carboxylic acids is 1. The molecule has 0 saturated carbocycles. The van der Waals surface area contributed by atoms with E-state index in [1.807, 2.05) is 17.5 Å². The van der Waals surface area contributed by atoms with Gasteiger partial charge in [-0.05, 0) is 29.6 Å². The van der Waals surface area contributed by atoms with Crippen LogP contribution in [0.1, 0.15) is 15.2 Å². The lowest BCUT2D eigenvalue weighted by molar-refractivity contribution is 0.100. The number of thiophene rings is 1. The van der Waals surface area contributed by atoms with E-state index in [1.165, 1.54) is 4.88 Å². The minimum Gasteiger partial charge on any atom is -0.495 e. The van der Waals surface area contributed by atoms with Crippen LogP contribution >= 0.6 is 11.3 Å². The van der Waals surface area contributed by atoms with Crippen LogP contribution in [0.15, 0.2) is 35.7 Å². The normalized spacial score (nSPS) is 10.1. The summed E-state index contributed by atoms with van der Waals surface area (Å²) >= 11 is 1.67. The molecule has 0 aliphatic carbocycles. The van der Waals surface area contributed by atoms with Gasteiger partial charge in [0.05, 0.1) is 12.8 Å². The molecule has 2 rings (SSSR count). The van der Waals surface area contributed by atoms with Crippen molar-refractivity contribution in [3.05, 3.63) is 46.2 Å². The summed E-state index contributed by atoms with van der Waals surface area (Å²) in [6, 6.07) is 9.13. The molecule has 1 aromatic heterocycles. The maximum absolute atomic E-state index is 11.1. The Morgan fingerprint density at radius 2 is 2.28 bits per heavy atom. The second-order valence-corrected chi connectivity index (χ2v) is 4.74. The third-order valence-corrected chi connectivity index (χ3v) is 3.39. The van der Waals surface area contributed by atoms with Crippen molar-refractivity contribution in [2.24, 2.45) is 5.73 Å². The van der Waals surface area contributed by atoms with Gasteiger partial charge in [-0.1, -0.05) is 6.07 Å². The van der Waals surface area contributed by atoms with Gasteiger partial charge in [-0.15, -0.1) is 11.3 Å². The Labute approximate surface area is 109 Å². The van der Waals surface area contributed by atoms with E-state index in [1.54, 1.807) is 36.6 Å². The Balaban J connectivity index is 2.18. The summed E-state index contributed by atoms with van der Waals surface area (Å²) in [5.74, 6) is 0.244. The fourth-order valence-electron chi connectivity index (χ4n) is 1.59. The Kier molecular flexibility index (Phi) is 3.84. The number of hydrogen-bond acceptors (Lipinski definition) is 4. The van der Waals surface area contributed by atoms with Crippen molar-refractivity contribution < 1.29 is 9.53 Å². The highest BCUT2D eigenvalue weighted by molar-refractivity contribution is 7.09. The lowest BCUT2D eigenvalue weighted by atomic mass is 10.1. The van der Waals surface area contributed by atoms with E-state index in [9.17, 15) is 4.79 Å². The molecule has 0 fully saturated rings. The Morgan fingerprint density at radius 1 is 1.44 bits per heavy atom. The summed E-state index contributed by atoms with van der Waals surface area (Å²) < 4.78 is 5.24. The van der Waals surface area contributed by atoms with E-state index < -0.39 is 5.91 Å². The Morgan fingerprint density at radius 3 is 2.89 bits per heavy atom. The first-order valence-electron chi connectivity index (χ1n) is 5.45. The van der Waals surface area contributed by atoms with Gasteiger partial charge in [0, 0.05) is 17.0 Å². The fraction of sp³-hybridized carbons (Fsp3) is 0.154. The third kappa shape index (κ3) is 2.81. The van der Waals surface area contributed by atoms with Gasteiger partial charge in [-0.25, -0.2) is 0 Å². The van der Waals surface area contributed by atoms with Gasteiger partial charge in [-0.2, -0.15) is 0 Å². The van der Waals surface area contributed by atoms with E-state index in [0.29, 0.717) is 17.9 Å². The number of nitrogens with two attached hydrogens (primary N) is 1. The lowest BCUT2D eigenvalue weighted by Gasteiger charge is -2.11. The number of ether oxygens (including phenoxy) is 1. The molecule has 2 aromatic rings. The molecule has 0 atom stereocenters. The molecule has 0 aliphatic rings. The predicted molar refractivity (Wildman–Crippen MR) is 73.2 cm³/mol. The second-order valence-electron chi connectivity index (χ2n) is 3.71. The summed E-state index contributed by atoms with van der Waals surface area (Å²) in [5, 5.41) is 5.26. The van der Waals surface area contributed by atoms with Gasteiger partial charge in [-0.3, -0.25) is 4.79 Å². The van der Waals surface area contributed by atoms with Crippen LogP contribution in [0, 0.1) is 0 Å². The van der Waals surface area contributed by atoms with E-state index in [0.717, 1.165) is 5.69 Å². The highest BCUT2D eigenvalue weighted by Crippen LogP contribution is 2.26. The molecular formula is C13H14N2O2S. The zero-order valence-corrected chi connectivity index (χ0v) is 10.8. The second kappa shape index (κ2) is 5.55. The van der Waals surface area contributed by atoms with Crippen molar-refractivity contribution in [2.75, 3.05) is 12.4 Å². The summed E-state index contributed by atoms with van der Waals surface area (Å²) in [5.41, 5.74) is 6.49. The smallest absolute Gasteiger partial charge is 0.248 e. The largest absolute Gasteiger partial charge is 0.495 e. The number of methoxy groups -OCH3 is 1. The molecule has 18 heavy (non-hydrogen) atoms. The van der Waals surface area contributed by atoms with Gasteiger partial charge in [0.25, 0.3) is 0 Å². The third-order valence-electron chi connectivity index (χ3n) is 2.52. The van der Waals surface area contributed by atoms with Crippen LogP contribution in [0.3, 0.4) is 0 Å². The zero-order chi connectivity index (χ0) is 13.0. The summed E-state index contributed by atoms with van der Waals surface area (Å²) in [6.45, 7) is 0.691. The minimum atomic E-state index is -0.447. The molecule has 1 aromatic carbocycles. The molecule has 1 amide bonds. The van der Waals surface area contributed by atoms with Crippen molar-refractivity contribution in [3.63, 3.8) is 0 Å². The highest BCUT2D eigenvalue weighted by atomic mass is 32.1. The average molecular weight is 262 g/mol. The molecule has 1 heterocycles. The van der Waals surface area contributed by atoms with E-state index in [4.69, 9.17) is 10.5 Å². The molecule has 0 unspecified atom stereocenters. The quantitative estimate of drug-likeness (QED) is 0.870. The van der Waals surface area contributed by atoms with E-state index >= 15 is 0 Å². The van der Waals surface area contributed by atoms with Gasteiger partial charge >= 0.3 is 0 Å². The Hall–Kier alpha value is -2.01. The SMILES string of the molecule is COc1ccc(C(N)=O)cc1NCc1cccs1. The zero-order valence-electron chi connectivity index (χ0n) is 9.97. The van der Waals surface area contributed by atoms with Crippen LogP contribution in [0.25, 0.3) is 0 Å². The van der Waals surface area contributed by atoms with Gasteiger partial charge in [0.15, 0.2) is 0 Å². The number of anilines is 1. The first kappa shape index (κ1) is 12.4. The minimum absolute atomic E-state index is 0.447. The van der Waals surface area contributed by atoms with Crippen LogP contribution < -0.4 is 15.8 Å². The topological polar surface area (TPSA) is 64.3 Å². The molecule has 0 radical (unpaired) electrons. The van der Waals surface area contributed by atoms with Crippen LogP contribution in [0.2, 0.25) is 0 Å². The van der Waals surface area contributed by atoms with Crippen molar-refractivity contribution in [1.82, 2.24) is 0 Å². The summed E-state index contributed by atoms with van der Waals surface area (Å²) in [6.07, 6.45) is 0. The van der Waals surface area contributed by atoms with Gasteiger partial charge in [0.2, 0.25) is 5.91 Å². The van der Waals surface area contributed by atoms with E-state index in [-0.39, 0.29) is 0 Å².